The lowest BCUT2D eigenvalue weighted by Gasteiger charge is -2.14. The number of aliphatic hydroxyl groups excluding tert-OH is 2. The van der Waals surface area contributed by atoms with Gasteiger partial charge in [-0.1, -0.05) is 18.2 Å². The van der Waals surface area contributed by atoms with Crippen LogP contribution in [0.2, 0.25) is 0 Å². The standard InChI is InChI=1S/C14H24N2O2/c1-10(17)5-14-6-12(7-15)3-4-13(14)9-16-8-11(2)18/h3-4,6,10-11,16-18H,5,7-9,15H2,1-2H3. The summed E-state index contributed by atoms with van der Waals surface area (Å²) in [6.45, 7) is 5.29. The molecular formula is C14H24N2O2. The van der Waals surface area contributed by atoms with E-state index in [1.807, 2.05) is 18.2 Å². The lowest BCUT2D eigenvalue weighted by molar-refractivity contribution is 0.189. The molecule has 4 heteroatoms. The summed E-state index contributed by atoms with van der Waals surface area (Å²) in [4.78, 5) is 0. The average molecular weight is 252 g/mol. The first-order valence-corrected chi connectivity index (χ1v) is 6.40. The van der Waals surface area contributed by atoms with Gasteiger partial charge in [-0.3, -0.25) is 0 Å². The van der Waals surface area contributed by atoms with Gasteiger partial charge in [0.1, 0.15) is 0 Å². The minimum atomic E-state index is -0.367. The first-order chi connectivity index (χ1) is 8.52. The van der Waals surface area contributed by atoms with Crippen LogP contribution < -0.4 is 11.1 Å². The van der Waals surface area contributed by atoms with Crippen LogP contribution in [-0.4, -0.2) is 29.0 Å². The van der Waals surface area contributed by atoms with E-state index in [1.165, 1.54) is 0 Å². The van der Waals surface area contributed by atoms with E-state index in [-0.39, 0.29) is 12.2 Å². The smallest absolute Gasteiger partial charge is 0.0636 e. The maximum Gasteiger partial charge on any atom is 0.0636 e. The number of hydrogen-bond acceptors (Lipinski definition) is 4. The summed E-state index contributed by atoms with van der Waals surface area (Å²) in [5.41, 5.74) is 8.97. The van der Waals surface area contributed by atoms with Gasteiger partial charge in [-0.25, -0.2) is 0 Å². The van der Waals surface area contributed by atoms with Gasteiger partial charge in [0.05, 0.1) is 12.2 Å². The zero-order chi connectivity index (χ0) is 13.5. The van der Waals surface area contributed by atoms with Crippen LogP contribution in [0.3, 0.4) is 0 Å². The molecule has 0 bridgehead atoms. The molecule has 1 aromatic rings. The number of rotatable bonds is 7. The zero-order valence-electron chi connectivity index (χ0n) is 11.2. The van der Waals surface area contributed by atoms with Gasteiger partial charge in [-0.05, 0) is 37.0 Å². The van der Waals surface area contributed by atoms with Crippen molar-refractivity contribution in [2.45, 2.75) is 45.6 Å². The van der Waals surface area contributed by atoms with Crippen LogP contribution >= 0.6 is 0 Å². The molecule has 102 valence electrons. The van der Waals surface area contributed by atoms with Crippen molar-refractivity contribution in [1.29, 1.82) is 0 Å². The maximum atomic E-state index is 9.52. The summed E-state index contributed by atoms with van der Waals surface area (Å²) in [5.74, 6) is 0. The molecule has 0 saturated carbocycles. The number of benzene rings is 1. The van der Waals surface area contributed by atoms with Crippen LogP contribution in [0.5, 0.6) is 0 Å². The molecule has 0 spiro atoms. The summed E-state index contributed by atoms with van der Waals surface area (Å²) in [5, 5.41) is 21.9. The fourth-order valence-electron chi connectivity index (χ4n) is 1.90. The van der Waals surface area contributed by atoms with Crippen molar-refractivity contribution in [2.75, 3.05) is 6.54 Å². The van der Waals surface area contributed by atoms with E-state index in [4.69, 9.17) is 5.73 Å². The Hall–Kier alpha value is -0.940. The minimum Gasteiger partial charge on any atom is -0.393 e. The Labute approximate surface area is 109 Å². The Morgan fingerprint density at radius 1 is 1.17 bits per heavy atom. The van der Waals surface area contributed by atoms with Crippen molar-refractivity contribution < 1.29 is 10.2 Å². The average Bonchev–Trinajstić information content (AvgIpc) is 2.29. The molecule has 2 atom stereocenters. The molecule has 0 aromatic heterocycles. The molecular weight excluding hydrogens is 228 g/mol. The summed E-state index contributed by atoms with van der Waals surface area (Å²) in [6.07, 6.45) is -0.0958. The quantitative estimate of drug-likeness (QED) is 0.571. The van der Waals surface area contributed by atoms with E-state index < -0.39 is 0 Å². The molecule has 0 aliphatic carbocycles. The molecule has 1 aromatic carbocycles. The predicted molar refractivity (Wildman–Crippen MR) is 73.1 cm³/mol. The third-order valence-electron chi connectivity index (χ3n) is 2.78. The highest BCUT2D eigenvalue weighted by molar-refractivity contribution is 5.32. The number of nitrogens with two attached hydrogens (primary N) is 1. The monoisotopic (exact) mass is 252 g/mol. The molecule has 0 fully saturated rings. The number of hydrogen-bond donors (Lipinski definition) is 4. The predicted octanol–water partition coefficient (Wildman–Crippen LogP) is 0.539. The van der Waals surface area contributed by atoms with E-state index in [1.54, 1.807) is 13.8 Å². The van der Waals surface area contributed by atoms with Crippen LogP contribution in [0.1, 0.15) is 30.5 Å². The van der Waals surface area contributed by atoms with Crippen molar-refractivity contribution in [3.63, 3.8) is 0 Å². The molecule has 1 rings (SSSR count). The highest BCUT2D eigenvalue weighted by Gasteiger charge is 2.07. The molecule has 0 aliphatic heterocycles. The van der Waals surface area contributed by atoms with Gasteiger partial charge in [0, 0.05) is 19.6 Å². The van der Waals surface area contributed by atoms with Crippen molar-refractivity contribution in [2.24, 2.45) is 5.73 Å². The normalized spacial score (nSPS) is 14.5. The zero-order valence-corrected chi connectivity index (χ0v) is 11.2. The van der Waals surface area contributed by atoms with Gasteiger partial charge >= 0.3 is 0 Å². The van der Waals surface area contributed by atoms with Crippen molar-refractivity contribution in [1.82, 2.24) is 5.32 Å². The number of nitrogens with one attached hydrogen (secondary N) is 1. The fourth-order valence-corrected chi connectivity index (χ4v) is 1.90. The topological polar surface area (TPSA) is 78.5 Å². The molecule has 2 unspecified atom stereocenters. The van der Waals surface area contributed by atoms with Crippen molar-refractivity contribution in [3.05, 3.63) is 34.9 Å². The minimum absolute atomic E-state index is 0.353. The van der Waals surface area contributed by atoms with Gasteiger partial charge in [0.2, 0.25) is 0 Å². The third-order valence-corrected chi connectivity index (χ3v) is 2.78. The van der Waals surface area contributed by atoms with Gasteiger partial charge in [0.25, 0.3) is 0 Å². The van der Waals surface area contributed by atoms with Crippen LogP contribution in [0, 0.1) is 0 Å². The third kappa shape index (κ3) is 5.14. The maximum absolute atomic E-state index is 9.52. The molecule has 4 nitrogen and oxygen atoms in total. The second-order valence-electron chi connectivity index (χ2n) is 4.84. The first-order valence-electron chi connectivity index (χ1n) is 6.40. The van der Waals surface area contributed by atoms with Crippen LogP contribution in [-0.2, 0) is 19.5 Å². The van der Waals surface area contributed by atoms with E-state index in [2.05, 4.69) is 5.32 Å². The Morgan fingerprint density at radius 3 is 2.44 bits per heavy atom. The highest BCUT2D eigenvalue weighted by atomic mass is 16.3. The Balaban J connectivity index is 2.74. The Morgan fingerprint density at radius 2 is 1.89 bits per heavy atom. The summed E-state index contributed by atoms with van der Waals surface area (Å²) < 4.78 is 0. The molecule has 0 saturated heterocycles. The van der Waals surface area contributed by atoms with Gasteiger partial charge in [-0.15, -0.1) is 0 Å². The second kappa shape index (κ2) is 7.48. The number of aliphatic hydroxyl groups is 2. The molecule has 0 amide bonds. The summed E-state index contributed by atoms with van der Waals surface area (Å²) >= 11 is 0. The SMILES string of the molecule is CC(O)CNCc1ccc(CN)cc1CC(C)O. The van der Waals surface area contributed by atoms with Crippen molar-refractivity contribution >= 4 is 0 Å². The fraction of sp³-hybridized carbons (Fsp3) is 0.571. The Kier molecular flexibility index (Phi) is 6.29. The summed E-state index contributed by atoms with van der Waals surface area (Å²) in [6, 6.07) is 6.09. The van der Waals surface area contributed by atoms with Gasteiger partial charge in [0.15, 0.2) is 0 Å². The van der Waals surface area contributed by atoms with E-state index >= 15 is 0 Å². The second-order valence-corrected chi connectivity index (χ2v) is 4.84. The Bertz CT molecular complexity index is 365. The molecule has 0 aliphatic rings. The van der Waals surface area contributed by atoms with E-state index in [9.17, 15) is 10.2 Å². The van der Waals surface area contributed by atoms with Crippen LogP contribution in [0.4, 0.5) is 0 Å². The van der Waals surface area contributed by atoms with Crippen LogP contribution in [0.15, 0.2) is 18.2 Å². The van der Waals surface area contributed by atoms with Crippen molar-refractivity contribution in [3.8, 4) is 0 Å². The molecule has 18 heavy (non-hydrogen) atoms. The lowest BCUT2D eigenvalue weighted by atomic mass is 9.99. The molecule has 0 radical (unpaired) electrons. The molecule has 5 N–H and O–H groups in total. The van der Waals surface area contributed by atoms with Gasteiger partial charge < -0.3 is 21.3 Å². The van der Waals surface area contributed by atoms with Gasteiger partial charge in [-0.2, -0.15) is 0 Å². The highest BCUT2D eigenvalue weighted by Crippen LogP contribution is 2.14. The summed E-state index contributed by atoms with van der Waals surface area (Å²) in [7, 11) is 0. The van der Waals surface area contributed by atoms with E-state index in [0.717, 1.165) is 16.7 Å². The van der Waals surface area contributed by atoms with Crippen LogP contribution in [0.25, 0.3) is 0 Å². The van der Waals surface area contributed by atoms with E-state index in [0.29, 0.717) is 26.1 Å². The largest absolute Gasteiger partial charge is 0.393 e. The first kappa shape index (κ1) is 15.1. The molecule has 0 heterocycles. The lowest BCUT2D eigenvalue weighted by Crippen LogP contribution is -2.24.